The van der Waals surface area contributed by atoms with Crippen molar-refractivity contribution in [3.63, 3.8) is 0 Å². The van der Waals surface area contributed by atoms with E-state index in [1.807, 2.05) is 25.7 Å². The van der Waals surface area contributed by atoms with Gasteiger partial charge in [-0.25, -0.2) is 4.79 Å². The first-order valence-electron chi connectivity index (χ1n) is 9.11. The molecule has 6 heteroatoms. The van der Waals surface area contributed by atoms with Gasteiger partial charge in [-0.05, 0) is 58.9 Å². The molecule has 2 amide bonds. The lowest BCUT2D eigenvalue weighted by Crippen LogP contribution is -2.56. The van der Waals surface area contributed by atoms with Crippen LogP contribution in [0.5, 0.6) is 0 Å². The van der Waals surface area contributed by atoms with Crippen LogP contribution >= 0.6 is 0 Å². The Bertz CT molecular complexity index is 455. The van der Waals surface area contributed by atoms with Crippen LogP contribution in [0.1, 0.15) is 47.5 Å². The number of carbonyl (C=O) groups excluding carboxylic acids is 2. The first-order chi connectivity index (χ1) is 11.1. The maximum atomic E-state index is 12.0. The molecule has 1 N–H and O–H groups in total. The van der Waals surface area contributed by atoms with Gasteiger partial charge in [0.15, 0.2) is 0 Å². The van der Waals surface area contributed by atoms with Crippen molar-refractivity contribution in [3.05, 3.63) is 0 Å². The van der Waals surface area contributed by atoms with Gasteiger partial charge in [0.2, 0.25) is 5.91 Å². The maximum Gasteiger partial charge on any atom is 0.410 e. The molecule has 2 saturated heterocycles. The Morgan fingerprint density at radius 1 is 1.21 bits per heavy atom. The molecule has 2 aliphatic rings. The monoisotopic (exact) mass is 339 g/mol. The molecule has 0 radical (unpaired) electrons. The van der Waals surface area contributed by atoms with Crippen molar-refractivity contribution in [3.8, 4) is 0 Å². The lowest BCUT2D eigenvalue weighted by atomic mass is 9.80. The van der Waals surface area contributed by atoms with E-state index in [2.05, 4.69) is 17.1 Å². The van der Waals surface area contributed by atoms with E-state index in [4.69, 9.17) is 4.74 Å². The average molecular weight is 339 g/mol. The van der Waals surface area contributed by atoms with E-state index >= 15 is 0 Å². The van der Waals surface area contributed by atoms with Crippen molar-refractivity contribution in [2.45, 2.75) is 59.1 Å². The minimum atomic E-state index is -0.427. The first-order valence-corrected chi connectivity index (χ1v) is 9.11. The average Bonchev–Trinajstić information content (AvgIpc) is 2.33. The Kier molecular flexibility index (Phi) is 6.12. The second kappa shape index (κ2) is 7.72. The van der Waals surface area contributed by atoms with Gasteiger partial charge in [0.25, 0.3) is 0 Å². The largest absolute Gasteiger partial charge is 0.444 e. The summed E-state index contributed by atoms with van der Waals surface area (Å²) in [6.07, 6.45) is 2.24. The van der Waals surface area contributed by atoms with Gasteiger partial charge in [-0.3, -0.25) is 4.79 Å². The predicted octanol–water partition coefficient (Wildman–Crippen LogP) is 2.09. The number of nitrogens with zero attached hydrogens (tertiary/aromatic N) is 2. The Morgan fingerprint density at radius 2 is 1.88 bits per heavy atom. The van der Waals surface area contributed by atoms with Gasteiger partial charge in [-0.15, -0.1) is 0 Å². The van der Waals surface area contributed by atoms with E-state index < -0.39 is 5.60 Å². The molecule has 0 unspecified atom stereocenters. The van der Waals surface area contributed by atoms with E-state index in [1.165, 1.54) is 12.8 Å². The Morgan fingerprint density at radius 3 is 2.46 bits per heavy atom. The van der Waals surface area contributed by atoms with E-state index in [-0.39, 0.29) is 18.0 Å². The Labute approximate surface area is 145 Å². The van der Waals surface area contributed by atoms with Gasteiger partial charge in [0.1, 0.15) is 5.60 Å². The van der Waals surface area contributed by atoms with Crippen molar-refractivity contribution in [2.24, 2.45) is 11.8 Å². The molecule has 6 nitrogen and oxygen atoms in total. The second-order valence-corrected chi connectivity index (χ2v) is 8.41. The molecular formula is C18H33N3O3. The molecule has 0 aromatic carbocycles. The molecule has 0 saturated carbocycles. The molecule has 0 aliphatic carbocycles. The molecule has 24 heavy (non-hydrogen) atoms. The van der Waals surface area contributed by atoms with Crippen LogP contribution in [0.15, 0.2) is 0 Å². The smallest absolute Gasteiger partial charge is 0.410 e. The Balaban J connectivity index is 1.74. The van der Waals surface area contributed by atoms with Crippen LogP contribution in [0.25, 0.3) is 0 Å². The zero-order valence-electron chi connectivity index (χ0n) is 15.8. The summed E-state index contributed by atoms with van der Waals surface area (Å²) in [6, 6.07) is 0.181. The van der Waals surface area contributed by atoms with Crippen LogP contribution in [-0.4, -0.2) is 66.2 Å². The SMILES string of the molecule is CC(=O)N[C@@H](C)CN1CCC[C@H](C2CN(C(=O)OC(C)(C)C)C2)C1. The highest BCUT2D eigenvalue weighted by molar-refractivity contribution is 5.73. The zero-order valence-corrected chi connectivity index (χ0v) is 15.8. The molecule has 0 aromatic heterocycles. The maximum absolute atomic E-state index is 12.0. The molecule has 0 spiro atoms. The van der Waals surface area contributed by atoms with Crippen LogP contribution in [-0.2, 0) is 9.53 Å². The van der Waals surface area contributed by atoms with E-state index in [9.17, 15) is 9.59 Å². The number of likely N-dealkylation sites (tertiary alicyclic amines) is 2. The van der Waals surface area contributed by atoms with Crippen molar-refractivity contribution in [1.29, 1.82) is 0 Å². The molecule has 2 fully saturated rings. The number of ether oxygens (including phenoxy) is 1. The van der Waals surface area contributed by atoms with Crippen molar-refractivity contribution >= 4 is 12.0 Å². The third-order valence-electron chi connectivity index (χ3n) is 4.75. The van der Waals surface area contributed by atoms with Crippen LogP contribution in [0, 0.1) is 11.8 Å². The lowest BCUT2D eigenvalue weighted by molar-refractivity contribution is -0.119. The molecule has 2 rings (SSSR count). The van der Waals surface area contributed by atoms with Gasteiger partial charge in [0.05, 0.1) is 0 Å². The number of piperidine rings is 1. The topological polar surface area (TPSA) is 61.9 Å². The molecule has 0 aromatic rings. The molecule has 138 valence electrons. The summed E-state index contributed by atoms with van der Waals surface area (Å²) in [7, 11) is 0. The summed E-state index contributed by atoms with van der Waals surface area (Å²) in [6.45, 7) is 14.0. The van der Waals surface area contributed by atoms with Crippen molar-refractivity contribution in [2.75, 3.05) is 32.7 Å². The molecular weight excluding hydrogens is 306 g/mol. The lowest BCUT2D eigenvalue weighted by Gasteiger charge is -2.46. The summed E-state index contributed by atoms with van der Waals surface area (Å²) in [5, 5.41) is 2.96. The number of amides is 2. The highest BCUT2D eigenvalue weighted by Crippen LogP contribution is 2.31. The van der Waals surface area contributed by atoms with E-state index in [1.54, 1.807) is 6.92 Å². The third kappa shape index (κ3) is 5.65. The highest BCUT2D eigenvalue weighted by Gasteiger charge is 2.39. The molecule has 2 atom stereocenters. The minimum Gasteiger partial charge on any atom is -0.444 e. The van der Waals surface area contributed by atoms with Crippen LogP contribution in [0.4, 0.5) is 4.79 Å². The molecule has 2 heterocycles. The number of carbonyl (C=O) groups is 2. The van der Waals surface area contributed by atoms with Crippen molar-refractivity contribution < 1.29 is 14.3 Å². The number of hydrogen-bond donors (Lipinski definition) is 1. The molecule has 0 bridgehead atoms. The third-order valence-corrected chi connectivity index (χ3v) is 4.75. The van der Waals surface area contributed by atoms with Gasteiger partial charge in [-0.1, -0.05) is 0 Å². The molecule has 2 aliphatic heterocycles. The van der Waals surface area contributed by atoms with Crippen LogP contribution in [0.3, 0.4) is 0 Å². The Hall–Kier alpha value is -1.30. The van der Waals surface area contributed by atoms with Gasteiger partial charge < -0.3 is 19.9 Å². The summed E-state index contributed by atoms with van der Waals surface area (Å²) >= 11 is 0. The van der Waals surface area contributed by atoms with E-state index in [0.717, 1.165) is 32.7 Å². The van der Waals surface area contributed by atoms with Gasteiger partial charge in [-0.2, -0.15) is 0 Å². The number of nitrogens with one attached hydrogen (secondary N) is 1. The summed E-state index contributed by atoms with van der Waals surface area (Å²) in [5.74, 6) is 1.25. The fourth-order valence-corrected chi connectivity index (χ4v) is 3.71. The number of rotatable bonds is 4. The van der Waals surface area contributed by atoms with Gasteiger partial charge >= 0.3 is 6.09 Å². The van der Waals surface area contributed by atoms with Crippen molar-refractivity contribution in [1.82, 2.24) is 15.1 Å². The standard InChI is InChI=1S/C18H33N3O3/c1-13(19-14(2)22)9-20-8-6-7-15(10-20)16-11-21(12-16)17(23)24-18(3,4)5/h13,15-16H,6-12H2,1-5H3,(H,19,22)/t13-,15-/m0/s1. The quantitative estimate of drug-likeness (QED) is 0.852. The minimum absolute atomic E-state index is 0.0306. The second-order valence-electron chi connectivity index (χ2n) is 8.41. The normalized spacial score (nSPS) is 24.2. The summed E-state index contributed by atoms with van der Waals surface area (Å²) < 4.78 is 5.42. The van der Waals surface area contributed by atoms with Gasteiger partial charge in [0, 0.05) is 39.1 Å². The van der Waals surface area contributed by atoms with E-state index in [0.29, 0.717) is 11.8 Å². The van der Waals surface area contributed by atoms with Crippen LogP contribution < -0.4 is 5.32 Å². The zero-order chi connectivity index (χ0) is 17.9. The fourth-order valence-electron chi connectivity index (χ4n) is 3.71. The highest BCUT2D eigenvalue weighted by atomic mass is 16.6. The number of hydrogen-bond acceptors (Lipinski definition) is 4. The first kappa shape index (κ1) is 19.0. The van der Waals surface area contributed by atoms with Crippen LogP contribution in [0.2, 0.25) is 0 Å². The summed E-state index contributed by atoms with van der Waals surface area (Å²) in [5.41, 5.74) is -0.427. The fraction of sp³-hybridized carbons (Fsp3) is 0.889. The summed E-state index contributed by atoms with van der Waals surface area (Å²) in [4.78, 5) is 27.4. The predicted molar refractivity (Wildman–Crippen MR) is 93.7 cm³/mol.